The third-order valence-corrected chi connectivity index (χ3v) is 2.88. The van der Waals surface area contributed by atoms with Crippen molar-refractivity contribution in [3.05, 3.63) is 58.9 Å². The van der Waals surface area contributed by atoms with Crippen LogP contribution in [0.5, 0.6) is 5.75 Å². The van der Waals surface area contributed by atoms with Crippen molar-refractivity contribution in [2.24, 2.45) is 5.73 Å². The van der Waals surface area contributed by atoms with Crippen LogP contribution >= 0.6 is 11.6 Å². The first-order valence-corrected chi connectivity index (χ1v) is 5.60. The fraction of sp³-hybridized carbons (Fsp3) is 0.154. The summed E-state index contributed by atoms with van der Waals surface area (Å²) < 4.78 is 5.10. The van der Waals surface area contributed by atoms with Gasteiger partial charge in [0.15, 0.2) is 0 Å². The predicted octanol–water partition coefficient (Wildman–Crippen LogP) is 2.79. The minimum Gasteiger partial charge on any atom is -0.497 e. The maximum atomic E-state index is 6.12. The maximum absolute atomic E-state index is 6.12. The molecule has 1 unspecified atom stereocenters. The summed E-state index contributed by atoms with van der Waals surface area (Å²) in [6.07, 6.45) is 1.69. The molecule has 1 aromatic carbocycles. The first-order valence-electron chi connectivity index (χ1n) is 5.22. The summed E-state index contributed by atoms with van der Waals surface area (Å²) in [4.78, 5) is 4.21. The van der Waals surface area contributed by atoms with Crippen molar-refractivity contribution in [3.8, 4) is 5.75 Å². The molecule has 1 atom stereocenters. The Balaban J connectivity index is 2.30. The number of hydrogen-bond acceptors (Lipinski definition) is 3. The van der Waals surface area contributed by atoms with E-state index in [1.54, 1.807) is 25.4 Å². The summed E-state index contributed by atoms with van der Waals surface area (Å²) in [5, 5.41) is 0.579. The summed E-state index contributed by atoms with van der Waals surface area (Å²) >= 11 is 6.06. The maximum Gasteiger partial charge on any atom is 0.118 e. The van der Waals surface area contributed by atoms with E-state index in [1.807, 2.05) is 24.3 Å². The molecule has 17 heavy (non-hydrogen) atoms. The van der Waals surface area contributed by atoms with Crippen LogP contribution in [0.1, 0.15) is 17.3 Å². The molecule has 2 aromatic rings. The molecule has 0 aliphatic carbocycles. The summed E-state index contributed by atoms with van der Waals surface area (Å²) in [5.41, 5.74) is 7.75. The van der Waals surface area contributed by atoms with E-state index in [9.17, 15) is 0 Å². The number of ether oxygens (including phenoxy) is 1. The Labute approximate surface area is 105 Å². The normalized spacial score (nSPS) is 12.2. The molecular formula is C13H13ClN2O. The predicted molar refractivity (Wildman–Crippen MR) is 68.3 cm³/mol. The highest BCUT2D eigenvalue weighted by Gasteiger charge is 2.13. The van der Waals surface area contributed by atoms with Gasteiger partial charge in [-0.1, -0.05) is 23.7 Å². The number of halogens is 1. The van der Waals surface area contributed by atoms with Gasteiger partial charge in [0, 0.05) is 6.20 Å². The van der Waals surface area contributed by atoms with Crippen LogP contribution in [0.3, 0.4) is 0 Å². The summed E-state index contributed by atoms with van der Waals surface area (Å²) in [5.74, 6) is 0.799. The molecule has 3 nitrogen and oxygen atoms in total. The molecule has 0 aliphatic heterocycles. The molecule has 0 saturated heterocycles. The zero-order valence-electron chi connectivity index (χ0n) is 9.43. The number of nitrogens with two attached hydrogens (primary N) is 1. The molecule has 0 spiro atoms. The number of benzene rings is 1. The van der Waals surface area contributed by atoms with Gasteiger partial charge in [0.25, 0.3) is 0 Å². The zero-order chi connectivity index (χ0) is 12.3. The topological polar surface area (TPSA) is 48.1 Å². The van der Waals surface area contributed by atoms with Crippen molar-refractivity contribution < 1.29 is 4.74 Å². The van der Waals surface area contributed by atoms with E-state index < -0.39 is 0 Å². The lowest BCUT2D eigenvalue weighted by molar-refractivity contribution is 0.414. The van der Waals surface area contributed by atoms with Gasteiger partial charge >= 0.3 is 0 Å². The van der Waals surface area contributed by atoms with E-state index in [0.717, 1.165) is 11.3 Å². The van der Waals surface area contributed by atoms with Gasteiger partial charge in [-0.3, -0.25) is 4.98 Å². The molecule has 0 bridgehead atoms. The molecule has 2 rings (SSSR count). The number of rotatable bonds is 3. The molecule has 4 heteroatoms. The summed E-state index contributed by atoms with van der Waals surface area (Å²) in [6.45, 7) is 0. The first kappa shape index (κ1) is 11.9. The van der Waals surface area contributed by atoms with Gasteiger partial charge in [-0.25, -0.2) is 0 Å². The van der Waals surface area contributed by atoms with Gasteiger partial charge in [0.05, 0.1) is 23.9 Å². The third-order valence-electron chi connectivity index (χ3n) is 2.56. The highest BCUT2D eigenvalue weighted by atomic mass is 35.5. The molecular weight excluding hydrogens is 236 g/mol. The number of aromatic nitrogens is 1. The van der Waals surface area contributed by atoms with E-state index in [-0.39, 0.29) is 6.04 Å². The van der Waals surface area contributed by atoms with E-state index in [4.69, 9.17) is 22.1 Å². The molecule has 88 valence electrons. The molecule has 0 saturated carbocycles. The van der Waals surface area contributed by atoms with Crippen molar-refractivity contribution in [2.75, 3.05) is 7.11 Å². The van der Waals surface area contributed by atoms with Gasteiger partial charge in [-0.2, -0.15) is 0 Å². The standard InChI is InChI=1S/C13H13ClN2O/c1-17-10-6-4-9(5-7-10)12(15)13-11(14)3-2-8-16-13/h2-8,12H,15H2,1H3. The van der Waals surface area contributed by atoms with Crippen molar-refractivity contribution >= 4 is 11.6 Å². The lowest BCUT2D eigenvalue weighted by atomic mass is 10.0. The van der Waals surface area contributed by atoms with Crippen LogP contribution in [-0.2, 0) is 0 Å². The van der Waals surface area contributed by atoms with Crippen LogP contribution in [0.25, 0.3) is 0 Å². The van der Waals surface area contributed by atoms with Crippen LogP contribution < -0.4 is 10.5 Å². The average molecular weight is 249 g/mol. The monoisotopic (exact) mass is 248 g/mol. The Morgan fingerprint density at radius 1 is 1.24 bits per heavy atom. The smallest absolute Gasteiger partial charge is 0.118 e. The molecule has 2 N–H and O–H groups in total. The summed E-state index contributed by atoms with van der Waals surface area (Å²) in [6, 6.07) is 10.8. The SMILES string of the molecule is COc1ccc(C(N)c2ncccc2Cl)cc1. The Hall–Kier alpha value is -1.58. The number of hydrogen-bond donors (Lipinski definition) is 1. The van der Waals surface area contributed by atoms with E-state index >= 15 is 0 Å². The van der Waals surface area contributed by atoms with Crippen LogP contribution in [-0.4, -0.2) is 12.1 Å². The lowest BCUT2D eigenvalue weighted by Gasteiger charge is -2.13. The number of nitrogens with zero attached hydrogens (tertiary/aromatic N) is 1. The van der Waals surface area contributed by atoms with Crippen molar-refractivity contribution in [1.29, 1.82) is 0 Å². The Morgan fingerprint density at radius 2 is 1.94 bits per heavy atom. The van der Waals surface area contributed by atoms with E-state index in [0.29, 0.717) is 10.7 Å². The number of methoxy groups -OCH3 is 1. The van der Waals surface area contributed by atoms with Crippen molar-refractivity contribution in [1.82, 2.24) is 4.98 Å². The largest absolute Gasteiger partial charge is 0.497 e. The lowest BCUT2D eigenvalue weighted by Crippen LogP contribution is -2.13. The Morgan fingerprint density at radius 3 is 2.53 bits per heavy atom. The van der Waals surface area contributed by atoms with Crippen LogP contribution in [0.2, 0.25) is 5.02 Å². The molecule has 1 heterocycles. The summed E-state index contributed by atoms with van der Waals surface area (Å²) in [7, 11) is 1.63. The molecule has 0 amide bonds. The van der Waals surface area contributed by atoms with Crippen LogP contribution in [0.4, 0.5) is 0 Å². The van der Waals surface area contributed by atoms with Gasteiger partial charge in [-0.05, 0) is 29.8 Å². The zero-order valence-corrected chi connectivity index (χ0v) is 10.2. The Kier molecular flexibility index (Phi) is 3.61. The quantitative estimate of drug-likeness (QED) is 0.909. The third kappa shape index (κ3) is 2.57. The fourth-order valence-corrected chi connectivity index (χ4v) is 1.83. The number of pyridine rings is 1. The van der Waals surface area contributed by atoms with Crippen LogP contribution in [0.15, 0.2) is 42.6 Å². The van der Waals surface area contributed by atoms with Gasteiger partial charge < -0.3 is 10.5 Å². The van der Waals surface area contributed by atoms with Gasteiger partial charge in [-0.15, -0.1) is 0 Å². The van der Waals surface area contributed by atoms with Gasteiger partial charge in [0.1, 0.15) is 5.75 Å². The van der Waals surface area contributed by atoms with Crippen LogP contribution in [0, 0.1) is 0 Å². The van der Waals surface area contributed by atoms with E-state index in [2.05, 4.69) is 4.98 Å². The minimum atomic E-state index is -0.324. The minimum absolute atomic E-state index is 0.324. The van der Waals surface area contributed by atoms with E-state index in [1.165, 1.54) is 0 Å². The fourth-order valence-electron chi connectivity index (χ4n) is 1.60. The second kappa shape index (κ2) is 5.17. The van der Waals surface area contributed by atoms with Gasteiger partial charge in [0.2, 0.25) is 0 Å². The highest BCUT2D eigenvalue weighted by molar-refractivity contribution is 6.31. The molecule has 1 aromatic heterocycles. The Bertz CT molecular complexity index is 499. The molecule has 0 radical (unpaired) electrons. The second-order valence-corrected chi connectivity index (χ2v) is 4.03. The van der Waals surface area contributed by atoms with Crippen molar-refractivity contribution in [2.45, 2.75) is 6.04 Å². The first-order chi connectivity index (χ1) is 8.22. The molecule has 0 fully saturated rings. The van der Waals surface area contributed by atoms with Crippen molar-refractivity contribution in [3.63, 3.8) is 0 Å². The second-order valence-electron chi connectivity index (χ2n) is 3.62. The highest BCUT2D eigenvalue weighted by Crippen LogP contribution is 2.25. The average Bonchev–Trinajstić information content (AvgIpc) is 2.39. The molecule has 0 aliphatic rings.